The van der Waals surface area contributed by atoms with Gasteiger partial charge in [0.2, 0.25) is 0 Å². The molecular formula is C15H12N4. The molecule has 0 fully saturated rings. The maximum atomic E-state index is 9.12. The van der Waals surface area contributed by atoms with Gasteiger partial charge in [-0.2, -0.15) is 5.26 Å². The molecule has 0 N–H and O–H groups in total. The van der Waals surface area contributed by atoms with Gasteiger partial charge in [-0.15, -0.1) is 0 Å². The minimum atomic E-state index is 0.616. The van der Waals surface area contributed by atoms with E-state index in [1.165, 1.54) is 0 Å². The lowest BCUT2D eigenvalue weighted by molar-refractivity contribution is 0.842. The summed E-state index contributed by atoms with van der Waals surface area (Å²) in [7, 11) is 1.97. The van der Waals surface area contributed by atoms with E-state index in [9.17, 15) is 0 Å². The Balaban J connectivity index is 2.11. The molecule has 1 aromatic carbocycles. The molecule has 0 bridgehead atoms. The Hall–Kier alpha value is -2.67. The third-order valence-corrected chi connectivity index (χ3v) is 3.21. The van der Waals surface area contributed by atoms with Crippen molar-refractivity contribution >= 4 is 11.0 Å². The minimum absolute atomic E-state index is 0.616. The van der Waals surface area contributed by atoms with E-state index in [1.54, 1.807) is 12.3 Å². The van der Waals surface area contributed by atoms with E-state index in [2.05, 4.69) is 16.0 Å². The van der Waals surface area contributed by atoms with Crippen molar-refractivity contribution in [1.82, 2.24) is 14.5 Å². The molecule has 0 radical (unpaired) electrons. The Bertz CT molecular complexity index is 766. The van der Waals surface area contributed by atoms with Gasteiger partial charge in [0.1, 0.15) is 17.4 Å². The Morgan fingerprint density at radius 2 is 2.16 bits per heavy atom. The molecule has 3 aromatic rings. The fourth-order valence-electron chi connectivity index (χ4n) is 2.20. The molecule has 0 amide bonds. The molecule has 92 valence electrons. The summed E-state index contributed by atoms with van der Waals surface area (Å²) in [5, 5.41) is 9.12. The van der Waals surface area contributed by atoms with Crippen molar-refractivity contribution in [2.24, 2.45) is 7.05 Å². The average molecular weight is 248 g/mol. The number of hydrogen-bond donors (Lipinski definition) is 0. The molecule has 0 aliphatic heterocycles. The van der Waals surface area contributed by atoms with Gasteiger partial charge in [-0.3, -0.25) is 4.98 Å². The van der Waals surface area contributed by atoms with Crippen molar-refractivity contribution < 1.29 is 0 Å². The van der Waals surface area contributed by atoms with Crippen LogP contribution in [0.3, 0.4) is 0 Å². The average Bonchev–Trinajstić information content (AvgIpc) is 2.77. The highest BCUT2D eigenvalue weighted by molar-refractivity contribution is 5.82. The van der Waals surface area contributed by atoms with E-state index in [1.807, 2.05) is 42.1 Å². The number of aromatic nitrogens is 3. The fourth-order valence-corrected chi connectivity index (χ4v) is 2.20. The molecular weight excluding hydrogens is 236 g/mol. The van der Waals surface area contributed by atoms with Gasteiger partial charge in [0.15, 0.2) is 0 Å². The maximum absolute atomic E-state index is 9.12. The highest BCUT2D eigenvalue weighted by atomic mass is 15.1. The molecule has 0 aliphatic rings. The molecule has 4 nitrogen and oxygen atoms in total. The van der Waals surface area contributed by atoms with Crippen LogP contribution in [0.4, 0.5) is 0 Å². The normalized spacial score (nSPS) is 10.5. The minimum Gasteiger partial charge on any atom is -0.331 e. The molecule has 0 aliphatic carbocycles. The number of nitriles is 1. The SMILES string of the molecule is Cn1c(Cc2cccnc2)nc2c(C#N)cccc21. The lowest BCUT2D eigenvalue weighted by Crippen LogP contribution is -1.99. The van der Waals surface area contributed by atoms with Gasteiger partial charge >= 0.3 is 0 Å². The molecule has 19 heavy (non-hydrogen) atoms. The first-order chi connectivity index (χ1) is 9.29. The smallest absolute Gasteiger partial charge is 0.114 e. The van der Waals surface area contributed by atoms with Gasteiger partial charge in [-0.1, -0.05) is 12.1 Å². The Kier molecular flexibility index (Phi) is 2.73. The van der Waals surface area contributed by atoms with Crippen molar-refractivity contribution in [3.05, 3.63) is 59.7 Å². The number of imidazole rings is 1. The molecule has 2 aromatic heterocycles. The quantitative estimate of drug-likeness (QED) is 0.700. The van der Waals surface area contributed by atoms with Gasteiger partial charge in [0.05, 0.1) is 11.1 Å². The van der Waals surface area contributed by atoms with Crippen molar-refractivity contribution in [2.45, 2.75) is 6.42 Å². The zero-order valence-electron chi connectivity index (χ0n) is 10.5. The van der Waals surface area contributed by atoms with Crippen LogP contribution in [0.15, 0.2) is 42.7 Å². The van der Waals surface area contributed by atoms with Crippen molar-refractivity contribution in [3.8, 4) is 6.07 Å². The summed E-state index contributed by atoms with van der Waals surface area (Å²) in [6.07, 6.45) is 4.31. The van der Waals surface area contributed by atoms with E-state index in [0.717, 1.165) is 22.4 Å². The van der Waals surface area contributed by atoms with Crippen LogP contribution in [0, 0.1) is 11.3 Å². The van der Waals surface area contributed by atoms with Crippen LogP contribution < -0.4 is 0 Å². The fraction of sp³-hybridized carbons (Fsp3) is 0.133. The Labute approximate surface area is 111 Å². The predicted octanol–water partition coefficient (Wildman–Crippen LogP) is 2.43. The number of benzene rings is 1. The molecule has 0 saturated carbocycles. The topological polar surface area (TPSA) is 54.5 Å². The number of rotatable bonds is 2. The number of aryl methyl sites for hydroxylation is 1. The largest absolute Gasteiger partial charge is 0.331 e. The van der Waals surface area contributed by atoms with E-state index in [-0.39, 0.29) is 0 Å². The first-order valence-electron chi connectivity index (χ1n) is 6.03. The molecule has 0 spiro atoms. The van der Waals surface area contributed by atoms with Crippen LogP contribution in [0.5, 0.6) is 0 Å². The van der Waals surface area contributed by atoms with Crippen LogP contribution in [0.1, 0.15) is 17.0 Å². The maximum Gasteiger partial charge on any atom is 0.114 e. The molecule has 0 unspecified atom stereocenters. The third kappa shape index (κ3) is 1.95. The number of para-hydroxylation sites is 1. The summed E-state index contributed by atoms with van der Waals surface area (Å²) in [6, 6.07) is 11.8. The van der Waals surface area contributed by atoms with Crippen molar-refractivity contribution in [1.29, 1.82) is 5.26 Å². The zero-order valence-corrected chi connectivity index (χ0v) is 10.5. The van der Waals surface area contributed by atoms with Gasteiger partial charge < -0.3 is 4.57 Å². The second kappa shape index (κ2) is 4.54. The highest BCUT2D eigenvalue weighted by Crippen LogP contribution is 2.20. The van der Waals surface area contributed by atoms with E-state index < -0.39 is 0 Å². The van der Waals surface area contributed by atoms with Crippen LogP contribution >= 0.6 is 0 Å². The first kappa shape index (κ1) is 11.4. The molecule has 2 heterocycles. The zero-order chi connectivity index (χ0) is 13.2. The van der Waals surface area contributed by atoms with Gasteiger partial charge in [-0.25, -0.2) is 4.98 Å². The van der Waals surface area contributed by atoms with Crippen LogP contribution in [0.2, 0.25) is 0 Å². The number of hydrogen-bond acceptors (Lipinski definition) is 3. The highest BCUT2D eigenvalue weighted by Gasteiger charge is 2.11. The standard InChI is InChI=1S/C15H12N4/c1-19-13-6-2-5-12(9-16)15(13)18-14(19)8-11-4-3-7-17-10-11/h2-7,10H,8H2,1H3. The van der Waals surface area contributed by atoms with Crippen molar-refractivity contribution in [3.63, 3.8) is 0 Å². The molecule has 4 heteroatoms. The second-order valence-corrected chi connectivity index (χ2v) is 4.41. The Morgan fingerprint density at radius 1 is 1.26 bits per heavy atom. The summed E-state index contributed by atoms with van der Waals surface area (Å²) < 4.78 is 2.03. The molecule has 0 atom stereocenters. The summed E-state index contributed by atoms with van der Waals surface area (Å²) in [5.41, 5.74) is 3.48. The molecule has 3 rings (SSSR count). The van der Waals surface area contributed by atoms with Crippen LogP contribution in [-0.2, 0) is 13.5 Å². The van der Waals surface area contributed by atoms with Crippen LogP contribution in [-0.4, -0.2) is 14.5 Å². The Morgan fingerprint density at radius 3 is 2.89 bits per heavy atom. The lowest BCUT2D eigenvalue weighted by atomic mass is 10.2. The van der Waals surface area contributed by atoms with Crippen molar-refractivity contribution in [2.75, 3.05) is 0 Å². The summed E-state index contributed by atoms with van der Waals surface area (Å²) in [5.74, 6) is 0.936. The summed E-state index contributed by atoms with van der Waals surface area (Å²) in [4.78, 5) is 8.70. The van der Waals surface area contributed by atoms with Gasteiger partial charge in [0, 0.05) is 25.9 Å². The van der Waals surface area contributed by atoms with Gasteiger partial charge in [0.25, 0.3) is 0 Å². The molecule has 0 saturated heterocycles. The van der Waals surface area contributed by atoms with E-state index in [4.69, 9.17) is 5.26 Å². The number of fused-ring (bicyclic) bond motifs is 1. The van der Waals surface area contributed by atoms with E-state index in [0.29, 0.717) is 12.0 Å². The lowest BCUT2D eigenvalue weighted by Gasteiger charge is -2.01. The second-order valence-electron chi connectivity index (χ2n) is 4.41. The number of nitrogens with zero attached hydrogens (tertiary/aromatic N) is 4. The monoisotopic (exact) mass is 248 g/mol. The summed E-state index contributed by atoms with van der Waals surface area (Å²) in [6.45, 7) is 0. The summed E-state index contributed by atoms with van der Waals surface area (Å²) >= 11 is 0. The number of pyridine rings is 1. The third-order valence-electron chi connectivity index (χ3n) is 3.21. The first-order valence-corrected chi connectivity index (χ1v) is 6.03. The predicted molar refractivity (Wildman–Crippen MR) is 72.5 cm³/mol. The van der Waals surface area contributed by atoms with Crippen LogP contribution in [0.25, 0.3) is 11.0 Å². The van der Waals surface area contributed by atoms with Gasteiger partial charge in [-0.05, 0) is 23.8 Å². The van der Waals surface area contributed by atoms with E-state index >= 15 is 0 Å².